The molecule has 0 atom stereocenters. The van der Waals surface area contributed by atoms with Crippen molar-refractivity contribution in [3.8, 4) is 5.75 Å². The smallest absolute Gasteiger partial charge is 0.270 e. The molecule has 5 nitrogen and oxygen atoms in total. The van der Waals surface area contributed by atoms with E-state index in [1.807, 2.05) is 6.07 Å². The number of aliphatic imine (C=N–C) groups is 1. The van der Waals surface area contributed by atoms with Crippen LogP contribution in [0.15, 0.2) is 22.5 Å². The molecule has 3 aliphatic heterocycles. The lowest BCUT2D eigenvalue weighted by molar-refractivity contribution is -0.132. The summed E-state index contributed by atoms with van der Waals surface area (Å²) in [6.45, 7) is 5.22. The van der Waals surface area contributed by atoms with E-state index in [4.69, 9.17) is 16.3 Å². The minimum absolute atomic E-state index is 0.0867. The van der Waals surface area contributed by atoms with Gasteiger partial charge in [-0.2, -0.15) is 0 Å². The second kappa shape index (κ2) is 4.92. The van der Waals surface area contributed by atoms with Crippen molar-refractivity contribution in [1.82, 2.24) is 4.90 Å². The zero-order chi connectivity index (χ0) is 16.4. The Morgan fingerprint density at radius 1 is 1.39 bits per heavy atom. The summed E-state index contributed by atoms with van der Waals surface area (Å²) >= 11 is 7.92. The Morgan fingerprint density at radius 2 is 2.17 bits per heavy atom. The normalized spacial score (nSPS) is 21.7. The minimum atomic E-state index is -0.904. The predicted molar refractivity (Wildman–Crippen MR) is 94.1 cm³/mol. The first kappa shape index (κ1) is 14.9. The van der Waals surface area contributed by atoms with Crippen molar-refractivity contribution >= 4 is 45.8 Å². The Morgan fingerprint density at radius 3 is 2.96 bits per heavy atom. The average molecular weight is 350 g/mol. The molecular weight excluding hydrogens is 334 g/mol. The Hall–Kier alpha value is -1.66. The molecule has 1 amide bonds. The maximum atomic E-state index is 12.4. The lowest BCUT2D eigenvalue weighted by Crippen LogP contribution is -2.51. The fraction of sp³-hybridized carbons (Fsp3) is 0.375. The molecule has 1 aromatic rings. The van der Waals surface area contributed by atoms with E-state index in [0.29, 0.717) is 16.5 Å². The van der Waals surface area contributed by atoms with Gasteiger partial charge in [0.05, 0.1) is 17.9 Å². The second-order valence-corrected chi connectivity index (χ2v) is 7.49. The largest absolute Gasteiger partial charge is 0.475 e. The molecule has 1 aromatic carbocycles. The van der Waals surface area contributed by atoms with Crippen LogP contribution in [0.4, 0.5) is 5.69 Å². The minimum Gasteiger partial charge on any atom is -0.475 e. The molecule has 0 saturated heterocycles. The van der Waals surface area contributed by atoms with E-state index in [1.165, 1.54) is 0 Å². The number of nitrogens with zero attached hydrogens (tertiary/aromatic N) is 3. The summed E-state index contributed by atoms with van der Waals surface area (Å²) in [4.78, 5) is 20.7. The third kappa shape index (κ3) is 2.16. The van der Waals surface area contributed by atoms with Gasteiger partial charge in [0.15, 0.2) is 16.5 Å². The summed E-state index contributed by atoms with van der Waals surface area (Å²) in [5.41, 5.74) is 1.73. The van der Waals surface area contributed by atoms with E-state index in [9.17, 15) is 4.79 Å². The molecule has 0 saturated carbocycles. The summed E-state index contributed by atoms with van der Waals surface area (Å²) in [6, 6.07) is 3.67. The lowest BCUT2D eigenvalue weighted by atomic mass is 10.0. The summed E-state index contributed by atoms with van der Waals surface area (Å²) in [6.07, 6.45) is 0. The Bertz CT molecular complexity index is 788. The highest BCUT2D eigenvalue weighted by Crippen LogP contribution is 2.47. The first-order chi connectivity index (χ1) is 10.9. The van der Waals surface area contributed by atoms with Gasteiger partial charge in [0.2, 0.25) is 0 Å². The number of fused-ring (bicyclic) bond motifs is 2. The van der Waals surface area contributed by atoms with Gasteiger partial charge >= 0.3 is 0 Å². The highest BCUT2D eigenvalue weighted by Gasteiger charge is 2.42. The van der Waals surface area contributed by atoms with Crippen LogP contribution in [0.5, 0.6) is 5.75 Å². The van der Waals surface area contributed by atoms with Gasteiger partial charge < -0.3 is 14.5 Å². The van der Waals surface area contributed by atoms with E-state index < -0.39 is 5.60 Å². The molecule has 0 spiro atoms. The summed E-state index contributed by atoms with van der Waals surface area (Å²) < 4.78 is 6.08. The number of ether oxygens (including phenoxy) is 1. The van der Waals surface area contributed by atoms with Crippen LogP contribution in [0.3, 0.4) is 0 Å². The van der Waals surface area contributed by atoms with Crippen LogP contribution in [-0.4, -0.2) is 41.7 Å². The van der Waals surface area contributed by atoms with E-state index >= 15 is 0 Å². The number of hydrogen-bond acceptors (Lipinski definition) is 5. The number of amides is 1. The molecule has 0 aliphatic carbocycles. The third-order valence-corrected chi connectivity index (χ3v) is 5.34. The molecule has 7 heteroatoms. The number of rotatable bonds is 1. The van der Waals surface area contributed by atoms with Gasteiger partial charge in [-0.1, -0.05) is 23.4 Å². The molecule has 4 rings (SSSR count). The average Bonchev–Trinajstić information content (AvgIpc) is 3.08. The quantitative estimate of drug-likeness (QED) is 0.781. The fourth-order valence-corrected chi connectivity index (χ4v) is 4.24. The van der Waals surface area contributed by atoms with Crippen molar-refractivity contribution in [2.24, 2.45) is 4.99 Å². The molecule has 0 radical (unpaired) electrons. The van der Waals surface area contributed by atoms with E-state index in [2.05, 4.69) is 15.3 Å². The maximum absolute atomic E-state index is 12.4. The van der Waals surface area contributed by atoms with E-state index in [1.54, 1.807) is 43.6 Å². The number of carbonyl (C=O) groups excluding carboxylic acids is 1. The van der Waals surface area contributed by atoms with Crippen molar-refractivity contribution in [3.63, 3.8) is 0 Å². The molecule has 0 N–H and O–H groups in total. The third-order valence-electron chi connectivity index (χ3n) is 4.22. The molecule has 23 heavy (non-hydrogen) atoms. The SMILES string of the molecule is CN1C(=O)C(C)(C)Oc2c(C3=CSC4=NCCN34)cc(Cl)cc21. The number of halogens is 1. The number of anilines is 1. The first-order valence-corrected chi connectivity index (χ1v) is 8.64. The molecule has 0 bridgehead atoms. The predicted octanol–water partition coefficient (Wildman–Crippen LogP) is 3.19. The molecule has 120 valence electrons. The van der Waals surface area contributed by atoms with Gasteiger partial charge in [0.1, 0.15) is 0 Å². The van der Waals surface area contributed by atoms with Crippen molar-refractivity contribution in [3.05, 3.63) is 28.1 Å². The van der Waals surface area contributed by atoms with Gasteiger partial charge in [-0.15, -0.1) is 0 Å². The molecule has 3 aliphatic rings. The molecule has 0 unspecified atom stereocenters. The van der Waals surface area contributed by atoms with Crippen LogP contribution in [0.2, 0.25) is 5.02 Å². The molecule has 3 heterocycles. The zero-order valence-electron chi connectivity index (χ0n) is 13.1. The topological polar surface area (TPSA) is 45.1 Å². The molecule has 0 fully saturated rings. The van der Waals surface area contributed by atoms with Crippen molar-refractivity contribution < 1.29 is 9.53 Å². The monoisotopic (exact) mass is 349 g/mol. The summed E-state index contributed by atoms with van der Waals surface area (Å²) in [5.74, 6) is 0.609. The zero-order valence-corrected chi connectivity index (χ0v) is 14.7. The van der Waals surface area contributed by atoms with Crippen LogP contribution < -0.4 is 9.64 Å². The Labute approximate surface area is 143 Å². The molecular formula is C16H16ClN3O2S. The van der Waals surface area contributed by atoms with Crippen molar-refractivity contribution in [2.75, 3.05) is 25.0 Å². The lowest BCUT2D eigenvalue weighted by Gasteiger charge is -2.38. The van der Waals surface area contributed by atoms with Crippen LogP contribution in [0, 0.1) is 0 Å². The van der Waals surface area contributed by atoms with Crippen LogP contribution in [-0.2, 0) is 4.79 Å². The Balaban J connectivity index is 1.88. The number of thioether (sulfide) groups is 1. The number of benzene rings is 1. The van der Waals surface area contributed by atoms with E-state index in [0.717, 1.165) is 29.5 Å². The second-order valence-electron chi connectivity index (χ2n) is 6.22. The summed E-state index contributed by atoms with van der Waals surface area (Å²) in [5, 5.41) is 3.65. The maximum Gasteiger partial charge on any atom is 0.270 e. The van der Waals surface area contributed by atoms with Crippen molar-refractivity contribution in [2.45, 2.75) is 19.4 Å². The fourth-order valence-electron chi connectivity index (χ4n) is 3.07. The standard InChI is InChI=1S/C16H16ClN3O2S/c1-16(2)14(21)19(3)11-7-9(17)6-10(13(11)22-16)12-8-23-15-18-4-5-20(12)15/h6-8H,4-5H2,1-3H3. The number of carbonyl (C=O) groups is 1. The highest BCUT2D eigenvalue weighted by molar-refractivity contribution is 8.16. The summed E-state index contributed by atoms with van der Waals surface area (Å²) in [7, 11) is 1.76. The number of hydrogen-bond donors (Lipinski definition) is 0. The highest BCUT2D eigenvalue weighted by atomic mass is 35.5. The van der Waals surface area contributed by atoms with Crippen LogP contribution >= 0.6 is 23.4 Å². The number of amidine groups is 1. The van der Waals surface area contributed by atoms with Gasteiger partial charge in [-0.3, -0.25) is 9.79 Å². The van der Waals surface area contributed by atoms with E-state index in [-0.39, 0.29) is 5.91 Å². The van der Waals surface area contributed by atoms with Gasteiger partial charge in [0, 0.05) is 29.6 Å². The molecule has 0 aromatic heterocycles. The Kier molecular flexibility index (Phi) is 3.19. The van der Waals surface area contributed by atoms with Crippen LogP contribution in [0.25, 0.3) is 5.70 Å². The number of likely N-dealkylation sites (N-methyl/N-ethyl adjacent to an activating group) is 1. The van der Waals surface area contributed by atoms with Crippen LogP contribution in [0.1, 0.15) is 19.4 Å². The van der Waals surface area contributed by atoms with Gasteiger partial charge in [-0.25, -0.2) is 0 Å². The van der Waals surface area contributed by atoms with Gasteiger partial charge in [-0.05, 0) is 26.0 Å². The van der Waals surface area contributed by atoms with Gasteiger partial charge in [0.25, 0.3) is 5.91 Å². The van der Waals surface area contributed by atoms with Crippen molar-refractivity contribution in [1.29, 1.82) is 0 Å². The first-order valence-electron chi connectivity index (χ1n) is 7.38.